The van der Waals surface area contributed by atoms with Gasteiger partial charge in [-0.15, -0.1) is 5.10 Å². The highest BCUT2D eigenvalue weighted by Crippen LogP contribution is 2.14. The van der Waals surface area contributed by atoms with Gasteiger partial charge in [0.1, 0.15) is 5.69 Å². The quantitative estimate of drug-likeness (QED) is 0.839. The van der Waals surface area contributed by atoms with Crippen LogP contribution in [0.5, 0.6) is 0 Å². The summed E-state index contributed by atoms with van der Waals surface area (Å²) in [5, 5.41) is 17.0. The van der Waals surface area contributed by atoms with E-state index in [1.54, 1.807) is 28.9 Å². The molecule has 2 rings (SSSR count). The van der Waals surface area contributed by atoms with Crippen LogP contribution >= 0.6 is 0 Å². The van der Waals surface area contributed by atoms with E-state index >= 15 is 0 Å². The van der Waals surface area contributed by atoms with Crippen LogP contribution in [0.25, 0.3) is 5.69 Å². The lowest BCUT2D eigenvalue weighted by atomic mass is 10.2. The van der Waals surface area contributed by atoms with E-state index in [4.69, 9.17) is 9.84 Å². The predicted octanol–water partition coefficient (Wildman–Crippen LogP) is 1.63. The molecular weight excluding hydrogens is 258 g/mol. The summed E-state index contributed by atoms with van der Waals surface area (Å²) in [5.74, 6) is -0.329. The smallest absolute Gasteiger partial charge is 0.338 e. The van der Waals surface area contributed by atoms with Crippen LogP contribution in [0.3, 0.4) is 0 Å². The van der Waals surface area contributed by atoms with Gasteiger partial charge in [-0.2, -0.15) is 0 Å². The first kappa shape index (κ1) is 14.2. The standard InChI is InChI=1S/C14H17N3O3/c1-3-8-20-14(19)11-4-6-12(7-5-11)17-10(2)13(9-18)15-16-17/h4-7,18H,3,8-9H2,1-2H3. The van der Waals surface area contributed by atoms with Gasteiger partial charge in [0.15, 0.2) is 0 Å². The molecule has 0 amide bonds. The second-order valence-electron chi connectivity index (χ2n) is 4.37. The van der Waals surface area contributed by atoms with Gasteiger partial charge in [-0.05, 0) is 37.6 Å². The van der Waals surface area contributed by atoms with Gasteiger partial charge in [0.05, 0.1) is 30.2 Å². The van der Waals surface area contributed by atoms with Crippen molar-refractivity contribution in [3.05, 3.63) is 41.2 Å². The molecule has 0 atom stereocenters. The molecule has 6 nitrogen and oxygen atoms in total. The van der Waals surface area contributed by atoms with Gasteiger partial charge in [0, 0.05) is 0 Å². The van der Waals surface area contributed by atoms with Crippen LogP contribution in [0.2, 0.25) is 0 Å². The molecule has 6 heteroatoms. The summed E-state index contributed by atoms with van der Waals surface area (Å²) >= 11 is 0. The van der Waals surface area contributed by atoms with Crippen molar-refractivity contribution >= 4 is 5.97 Å². The van der Waals surface area contributed by atoms with Crippen molar-refractivity contribution in [1.29, 1.82) is 0 Å². The molecule has 0 radical (unpaired) electrons. The number of hydrogen-bond acceptors (Lipinski definition) is 5. The Labute approximate surface area is 117 Å². The van der Waals surface area contributed by atoms with Crippen LogP contribution in [-0.4, -0.2) is 32.7 Å². The Bertz CT molecular complexity index is 590. The van der Waals surface area contributed by atoms with E-state index in [9.17, 15) is 4.79 Å². The Hall–Kier alpha value is -2.21. The highest BCUT2D eigenvalue weighted by atomic mass is 16.5. The molecule has 1 heterocycles. The molecule has 0 saturated carbocycles. The van der Waals surface area contributed by atoms with E-state index in [1.165, 1.54) is 0 Å². The van der Waals surface area contributed by atoms with E-state index in [1.807, 2.05) is 13.8 Å². The zero-order valence-corrected chi connectivity index (χ0v) is 11.5. The fraction of sp³-hybridized carbons (Fsp3) is 0.357. The summed E-state index contributed by atoms with van der Waals surface area (Å²) in [4.78, 5) is 11.7. The molecule has 0 unspecified atom stereocenters. The first-order chi connectivity index (χ1) is 9.67. The van der Waals surface area contributed by atoms with Gasteiger partial charge in [0.25, 0.3) is 0 Å². The molecule has 0 aliphatic rings. The summed E-state index contributed by atoms with van der Waals surface area (Å²) in [5.41, 5.74) is 2.59. The van der Waals surface area contributed by atoms with Crippen molar-refractivity contribution in [1.82, 2.24) is 15.0 Å². The molecule has 0 bridgehead atoms. The number of ether oxygens (including phenoxy) is 1. The first-order valence-corrected chi connectivity index (χ1v) is 6.47. The minimum Gasteiger partial charge on any atom is -0.462 e. The SMILES string of the molecule is CCCOC(=O)c1ccc(-n2nnc(CO)c2C)cc1. The molecular formula is C14H17N3O3. The lowest BCUT2D eigenvalue weighted by Gasteiger charge is -2.06. The van der Waals surface area contributed by atoms with Gasteiger partial charge in [0.2, 0.25) is 0 Å². The second kappa shape index (κ2) is 6.29. The number of aliphatic hydroxyl groups excluding tert-OH is 1. The molecule has 0 fully saturated rings. The second-order valence-corrected chi connectivity index (χ2v) is 4.37. The van der Waals surface area contributed by atoms with Crippen LogP contribution in [0.1, 0.15) is 35.1 Å². The predicted molar refractivity (Wildman–Crippen MR) is 72.6 cm³/mol. The largest absolute Gasteiger partial charge is 0.462 e. The molecule has 2 aromatic rings. The number of nitrogens with zero attached hydrogens (tertiary/aromatic N) is 3. The average Bonchev–Trinajstić information content (AvgIpc) is 2.86. The Morgan fingerprint density at radius 1 is 1.35 bits per heavy atom. The van der Waals surface area contributed by atoms with Crippen molar-refractivity contribution < 1.29 is 14.6 Å². The van der Waals surface area contributed by atoms with Gasteiger partial charge in [-0.1, -0.05) is 12.1 Å². The van der Waals surface area contributed by atoms with Gasteiger partial charge in [-0.3, -0.25) is 0 Å². The number of esters is 1. The van der Waals surface area contributed by atoms with Crippen LogP contribution in [0, 0.1) is 6.92 Å². The summed E-state index contributed by atoms with van der Waals surface area (Å²) in [6, 6.07) is 6.91. The number of benzene rings is 1. The first-order valence-electron chi connectivity index (χ1n) is 6.47. The fourth-order valence-corrected chi connectivity index (χ4v) is 1.77. The molecule has 1 aromatic heterocycles. The normalized spacial score (nSPS) is 10.6. The maximum atomic E-state index is 11.7. The Morgan fingerprint density at radius 3 is 2.60 bits per heavy atom. The third kappa shape index (κ3) is 2.85. The van der Waals surface area contributed by atoms with Gasteiger partial charge >= 0.3 is 5.97 Å². The molecule has 0 saturated heterocycles. The maximum absolute atomic E-state index is 11.7. The molecule has 1 aromatic carbocycles. The zero-order valence-electron chi connectivity index (χ0n) is 11.5. The van der Waals surface area contributed by atoms with E-state index in [2.05, 4.69) is 10.3 Å². The zero-order chi connectivity index (χ0) is 14.5. The molecule has 20 heavy (non-hydrogen) atoms. The number of aliphatic hydroxyl groups is 1. The van der Waals surface area contributed by atoms with Crippen LogP contribution < -0.4 is 0 Å². The highest BCUT2D eigenvalue weighted by molar-refractivity contribution is 5.89. The molecule has 106 valence electrons. The third-order valence-electron chi connectivity index (χ3n) is 2.92. The number of aromatic nitrogens is 3. The Kier molecular flexibility index (Phi) is 4.47. The lowest BCUT2D eigenvalue weighted by molar-refractivity contribution is 0.0505. The molecule has 0 aliphatic carbocycles. The molecule has 0 spiro atoms. The average molecular weight is 275 g/mol. The summed E-state index contributed by atoms with van der Waals surface area (Å²) < 4.78 is 6.68. The van der Waals surface area contributed by atoms with Crippen LogP contribution in [0.4, 0.5) is 0 Å². The Balaban J connectivity index is 2.19. The van der Waals surface area contributed by atoms with Crippen LogP contribution in [-0.2, 0) is 11.3 Å². The summed E-state index contributed by atoms with van der Waals surface area (Å²) in [7, 11) is 0. The van der Waals surface area contributed by atoms with Crippen molar-refractivity contribution in [2.24, 2.45) is 0 Å². The van der Waals surface area contributed by atoms with Crippen molar-refractivity contribution in [3.63, 3.8) is 0 Å². The van der Waals surface area contributed by atoms with E-state index < -0.39 is 0 Å². The fourth-order valence-electron chi connectivity index (χ4n) is 1.77. The van der Waals surface area contributed by atoms with Crippen molar-refractivity contribution in [3.8, 4) is 5.69 Å². The summed E-state index contributed by atoms with van der Waals surface area (Å²) in [6.07, 6.45) is 0.798. The number of carbonyl (C=O) groups excluding carboxylic acids is 1. The monoisotopic (exact) mass is 275 g/mol. The number of rotatable bonds is 5. The van der Waals surface area contributed by atoms with Crippen LogP contribution in [0.15, 0.2) is 24.3 Å². The van der Waals surface area contributed by atoms with Crippen molar-refractivity contribution in [2.75, 3.05) is 6.61 Å². The van der Waals surface area contributed by atoms with E-state index in [0.717, 1.165) is 17.8 Å². The minimum absolute atomic E-state index is 0.146. The maximum Gasteiger partial charge on any atom is 0.338 e. The highest BCUT2D eigenvalue weighted by Gasteiger charge is 2.11. The molecule has 0 aliphatic heterocycles. The third-order valence-corrected chi connectivity index (χ3v) is 2.92. The number of carbonyl (C=O) groups is 1. The summed E-state index contributed by atoms with van der Waals surface area (Å²) in [6.45, 7) is 4.05. The molecule has 1 N–H and O–H groups in total. The van der Waals surface area contributed by atoms with Crippen molar-refractivity contribution in [2.45, 2.75) is 26.9 Å². The minimum atomic E-state index is -0.329. The topological polar surface area (TPSA) is 77.2 Å². The van der Waals surface area contributed by atoms with E-state index in [-0.39, 0.29) is 12.6 Å². The number of hydrogen-bond donors (Lipinski definition) is 1. The lowest BCUT2D eigenvalue weighted by Crippen LogP contribution is -2.06. The van der Waals surface area contributed by atoms with Gasteiger partial charge in [-0.25, -0.2) is 9.48 Å². The Morgan fingerprint density at radius 2 is 2.05 bits per heavy atom. The van der Waals surface area contributed by atoms with Gasteiger partial charge < -0.3 is 9.84 Å². The van der Waals surface area contributed by atoms with E-state index in [0.29, 0.717) is 17.9 Å².